The van der Waals surface area contributed by atoms with E-state index in [1.54, 1.807) is 37.2 Å². The van der Waals surface area contributed by atoms with Gasteiger partial charge in [-0.1, -0.05) is 12.8 Å². The summed E-state index contributed by atoms with van der Waals surface area (Å²) in [7, 11) is 3.39. The first kappa shape index (κ1) is 14.8. The number of aliphatic hydroxyl groups is 1. The van der Waals surface area contributed by atoms with Crippen molar-refractivity contribution >= 4 is 16.9 Å². The number of nitrogens with one attached hydrogen (secondary N) is 1. The molecule has 0 spiro atoms. The Hall–Kier alpha value is -2.08. The van der Waals surface area contributed by atoms with Gasteiger partial charge in [0.05, 0.1) is 16.6 Å². The van der Waals surface area contributed by atoms with Gasteiger partial charge in [0.15, 0.2) is 0 Å². The first-order chi connectivity index (χ1) is 10.4. The third-order valence-electron chi connectivity index (χ3n) is 4.56. The van der Waals surface area contributed by atoms with Gasteiger partial charge in [0.25, 0.3) is 5.91 Å². The molecule has 1 aromatic carbocycles. The molecule has 1 heterocycles. The van der Waals surface area contributed by atoms with Crippen molar-refractivity contribution in [2.24, 2.45) is 7.05 Å². The summed E-state index contributed by atoms with van der Waals surface area (Å²) in [6.45, 7) is 0.342. The number of imidazole rings is 1. The fourth-order valence-electron chi connectivity index (χ4n) is 3.30. The van der Waals surface area contributed by atoms with Crippen LogP contribution >= 0.6 is 0 Å². The Morgan fingerprint density at radius 3 is 2.77 bits per heavy atom. The van der Waals surface area contributed by atoms with Crippen LogP contribution in [0.1, 0.15) is 36.0 Å². The monoisotopic (exact) mass is 303 g/mol. The number of aryl methyl sites for hydroxylation is 1. The van der Waals surface area contributed by atoms with E-state index in [9.17, 15) is 14.7 Å². The molecule has 22 heavy (non-hydrogen) atoms. The third-order valence-corrected chi connectivity index (χ3v) is 4.56. The minimum atomic E-state index is -0.754. The average molecular weight is 303 g/mol. The minimum Gasteiger partial charge on any atom is -0.388 e. The quantitative estimate of drug-likeness (QED) is 0.895. The summed E-state index contributed by atoms with van der Waals surface area (Å²) in [5.74, 6) is -0.146. The van der Waals surface area contributed by atoms with Gasteiger partial charge in [0.2, 0.25) is 0 Å². The molecule has 6 heteroatoms. The fraction of sp³-hybridized carbons (Fsp3) is 0.500. The molecule has 1 fully saturated rings. The molecule has 2 N–H and O–H groups in total. The molecule has 0 saturated heterocycles. The lowest BCUT2D eigenvalue weighted by molar-refractivity contribution is 0.0157. The van der Waals surface area contributed by atoms with Crippen LogP contribution in [0.3, 0.4) is 0 Å². The maximum absolute atomic E-state index is 12.5. The summed E-state index contributed by atoms with van der Waals surface area (Å²) in [6, 6.07) is 5.17. The van der Waals surface area contributed by atoms with E-state index in [-0.39, 0.29) is 11.6 Å². The van der Waals surface area contributed by atoms with Crippen LogP contribution in [-0.2, 0) is 7.05 Å². The first-order valence-electron chi connectivity index (χ1n) is 7.56. The molecule has 0 atom stereocenters. The number of aromatic nitrogens is 2. The van der Waals surface area contributed by atoms with Crippen molar-refractivity contribution in [2.75, 3.05) is 13.6 Å². The molecule has 0 radical (unpaired) electrons. The molecular weight excluding hydrogens is 282 g/mol. The van der Waals surface area contributed by atoms with Crippen molar-refractivity contribution in [3.8, 4) is 0 Å². The highest BCUT2D eigenvalue weighted by atomic mass is 16.3. The summed E-state index contributed by atoms with van der Waals surface area (Å²) >= 11 is 0. The zero-order valence-corrected chi connectivity index (χ0v) is 12.9. The number of likely N-dealkylation sites (N-methyl/N-ethyl adjacent to an activating group) is 1. The number of benzene rings is 1. The molecular formula is C16H21N3O3. The van der Waals surface area contributed by atoms with Crippen molar-refractivity contribution in [1.29, 1.82) is 0 Å². The lowest BCUT2D eigenvalue weighted by atomic mass is 10.0. The van der Waals surface area contributed by atoms with Crippen LogP contribution in [0.2, 0.25) is 0 Å². The van der Waals surface area contributed by atoms with Gasteiger partial charge in [-0.25, -0.2) is 4.79 Å². The summed E-state index contributed by atoms with van der Waals surface area (Å²) in [4.78, 5) is 28.4. The van der Waals surface area contributed by atoms with Crippen LogP contribution in [-0.4, -0.2) is 44.7 Å². The Morgan fingerprint density at radius 1 is 1.41 bits per heavy atom. The van der Waals surface area contributed by atoms with Gasteiger partial charge in [-0.3, -0.25) is 9.36 Å². The van der Waals surface area contributed by atoms with Gasteiger partial charge in [-0.05, 0) is 31.0 Å². The normalized spacial score (nSPS) is 17.0. The molecule has 0 bridgehead atoms. The smallest absolute Gasteiger partial charge is 0.326 e. The molecule has 2 aromatic rings. The van der Waals surface area contributed by atoms with Gasteiger partial charge < -0.3 is 15.0 Å². The van der Waals surface area contributed by atoms with E-state index < -0.39 is 5.60 Å². The van der Waals surface area contributed by atoms with E-state index in [0.717, 1.165) is 31.2 Å². The lowest BCUT2D eigenvalue weighted by Gasteiger charge is -2.28. The zero-order chi connectivity index (χ0) is 15.9. The number of carbonyl (C=O) groups excluding carboxylic acids is 1. The molecule has 118 valence electrons. The van der Waals surface area contributed by atoms with E-state index in [1.807, 2.05) is 0 Å². The number of hydrogen-bond acceptors (Lipinski definition) is 3. The predicted octanol–water partition coefficient (Wildman–Crippen LogP) is 1.24. The largest absolute Gasteiger partial charge is 0.388 e. The summed E-state index contributed by atoms with van der Waals surface area (Å²) in [5, 5.41) is 10.4. The lowest BCUT2D eigenvalue weighted by Crippen LogP contribution is -2.42. The van der Waals surface area contributed by atoms with Crippen LogP contribution in [0.15, 0.2) is 23.0 Å². The summed E-state index contributed by atoms with van der Waals surface area (Å²) in [5.41, 5.74) is 0.965. The van der Waals surface area contributed by atoms with Crippen molar-refractivity contribution in [3.05, 3.63) is 34.2 Å². The number of rotatable bonds is 3. The van der Waals surface area contributed by atoms with Crippen molar-refractivity contribution in [3.63, 3.8) is 0 Å². The summed E-state index contributed by atoms with van der Waals surface area (Å²) in [6.07, 6.45) is 3.51. The van der Waals surface area contributed by atoms with Crippen LogP contribution in [0.4, 0.5) is 0 Å². The van der Waals surface area contributed by atoms with E-state index in [1.165, 1.54) is 4.57 Å². The van der Waals surface area contributed by atoms with E-state index in [4.69, 9.17) is 0 Å². The maximum atomic E-state index is 12.5. The van der Waals surface area contributed by atoms with Gasteiger partial charge in [-0.2, -0.15) is 0 Å². The second-order valence-electron chi connectivity index (χ2n) is 6.31. The Bertz CT molecular complexity index is 769. The van der Waals surface area contributed by atoms with Crippen LogP contribution in [0.25, 0.3) is 11.0 Å². The minimum absolute atomic E-state index is 0.146. The molecule has 1 amide bonds. The van der Waals surface area contributed by atoms with Crippen molar-refractivity contribution < 1.29 is 9.90 Å². The molecule has 0 aliphatic heterocycles. The van der Waals surface area contributed by atoms with Crippen LogP contribution in [0, 0.1) is 0 Å². The number of H-pyrrole nitrogens is 1. The third kappa shape index (κ3) is 2.54. The Balaban J connectivity index is 1.83. The predicted molar refractivity (Wildman–Crippen MR) is 83.9 cm³/mol. The number of nitrogens with zero attached hydrogens (tertiary/aromatic N) is 2. The molecule has 0 unspecified atom stereocenters. The van der Waals surface area contributed by atoms with Crippen molar-refractivity contribution in [1.82, 2.24) is 14.5 Å². The topological polar surface area (TPSA) is 78.3 Å². The van der Waals surface area contributed by atoms with E-state index >= 15 is 0 Å². The van der Waals surface area contributed by atoms with E-state index in [2.05, 4.69) is 4.98 Å². The second kappa shape index (κ2) is 5.28. The Morgan fingerprint density at radius 2 is 2.09 bits per heavy atom. The number of hydrogen-bond donors (Lipinski definition) is 2. The first-order valence-corrected chi connectivity index (χ1v) is 7.56. The number of aromatic amines is 1. The van der Waals surface area contributed by atoms with Crippen LogP contribution < -0.4 is 5.69 Å². The molecule has 1 aromatic heterocycles. The number of amides is 1. The standard InChI is InChI=1S/C16H21N3O3/c1-18(10-16(22)7-3-4-8-16)14(20)11-5-6-13-12(9-11)17-15(21)19(13)2/h5-6,9,22H,3-4,7-8,10H2,1-2H3,(H,17,21). The van der Waals surface area contributed by atoms with Gasteiger partial charge in [0, 0.05) is 26.2 Å². The number of carbonyl (C=O) groups is 1. The van der Waals surface area contributed by atoms with Gasteiger partial charge in [0.1, 0.15) is 0 Å². The van der Waals surface area contributed by atoms with Crippen molar-refractivity contribution in [2.45, 2.75) is 31.3 Å². The molecule has 1 saturated carbocycles. The van der Waals surface area contributed by atoms with Crippen LogP contribution in [0.5, 0.6) is 0 Å². The fourth-order valence-corrected chi connectivity index (χ4v) is 3.30. The number of fused-ring (bicyclic) bond motifs is 1. The molecule has 1 aliphatic carbocycles. The highest BCUT2D eigenvalue weighted by Crippen LogP contribution is 2.30. The van der Waals surface area contributed by atoms with Gasteiger partial charge in [-0.15, -0.1) is 0 Å². The Kier molecular flexibility index (Phi) is 3.56. The molecule has 6 nitrogen and oxygen atoms in total. The second-order valence-corrected chi connectivity index (χ2v) is 6.31. The zero-order valence-electron chi connectivity index (χ0n) is 12.9. The molecule has 3 rings (SSSR count). The Labute approximate surface area is 128 Å². The van der Waals surface area contributed by atoms with Gasteiger partial charge >= 0.3 is 5.69 Å². The average Bonchev–Trinajstić information content (AvgIpc) is 3.02. The maximum Gasteiger partial charge on any atom is 0.326 e. The summed E-state index contributed by atoms with van der Waals surface area (Å²) < 4.78 is 1.51. The highest BCUT2D eigenvalue weighted by molar-refractivity contribution is 5.97. The van der Waals surface area contributed by atoms with E-state index in [0.29, 0.717) is 17.6 Å². The SMILES string of the molecule is CN(CC1(O)CCCC1)C(=O)c1ccc2c(c1)[nH]c(=O)n2C. The molecule has 1 aliphatic rings. The highest BCUT2D eigenvalue weighted by Gasteiger charge is 2.33.